The summed E-state index contributed by atoms with van der Waals surface area (Å²) in [6, 6.07) is 10.0. The molecule has 160 valence electrons. The van der Waals surface area contributed by atoms with Gasteiger partial charge in [-0.3, -0.25) is 4.90 Å². The van der Waals surface area contributed by atoms with Gasteiger partial charge in [-0.2, -0.15) is 0 Å². The molecule has 4 nitrogen and oxygen atoms in total. The molecule has 30 heavy (non-hydrogen) atoms. The first-order valence-electron chi connectivity index (χ1n) is 9.70. The van der Waals surface area contributed by atoms with Crippen LogP contribution in [0.5, 0.6) is 11.5 Å². The molecule has 0 bridgehead atoms. The Kier molecular flexibility index (Phi) is 5.71. The van der Waals surface area contributed by atoms with Gasteiger partial charge < -0.3 is 14.4 Å². The van der Waals surface area contributed by atoms with Crippen molar-refractivity contribution in [2.45, 2.75) is 6.36 Å². The minimum Gasteiger partial charge on any atom is -0.489 e. The highest BCUT2D eigenvalue weighted by Gasteiger charge is 2.32. The Balaban J connectivity index is 1.75. The van der Waals surface area contributed by atoms with Gasteiger partial charge in [0.2, 0.25) is 0 Å². The van der Waals surface area contributed by atoms with Crippen molar-refractivity contribution in [3.63, 3.8) is 0 Å². The summed E-state index contributed by atoms with van der Waals surface area (Å²) in [6.45, 7) is 4.62. The Bertz CT molecular complexity index is 933. The maximum atomic E-state index is 13.5. The number of halogens is 4. The van der Waals surface area contributed by atoms with Crippen LogP contribution < -0.4 is 9.47 Å². The van der Waals surface area contributed by atoms with Gasteiger partial charge in [0.15, 0.2) is 0 Å². The first kappa shape index (κ1) is 20.7. The van der Waals surface area contributed by atoms with Gasteiger partial charge in [-0.05, 0) is 54.1 Å². The molecule has 2 aliphatic heterocycles. The van der Waals surface area contributed by atoms with Crippen molar-refractivity contribution in [2.75, 3.05) is 46.4 Å². The van der Waals surface area contributed by atoms with Crippen molar-refractivity contribution in [2.24, 2.45) is 0 Å². The molecule has 2 heterocycles. The number of benzene rings is 2. The molecule has 0 atom stereocenters. The van der Waals surface area contributed by atoms with Gasteiger partial charge in [-0.25, -0.2) is 4.39 Å². The highest BCUT2D eigenvalue weighted by Crippen LogP contribution is 2.40. The fourth-order valence-electron chi connectivity index (χ4n) is 3.83. The first-order valence-corrected chi connectivity index (χ1v) is 9.70. The largest absolute Gasteiger partial charge is 0.573 e. The second-order valence-electron chi connectivity index (χ2n) is 7.56. The molecule has 0 unspecified atom stereocenters. The molecule has 0 saturated carbocycles. The van der Waals surface area contributed by atoms with Crippen LogP contribution in [0.15, 0.2) is 48.0 Å². The van der Waals surface area contributed by atoms with Gasteiger partial charge in [0.25, 0.3) is 0 Å². The van der Waals surface area contributed by atoms with Crippen molar-refractivity contribution < 1.29 is 27.0 Å². The van der Waals surface area contributed by atoms with E-state index in [2.05, 4.69) is 21.6 Å². The van der Waals surface area contributed by atoms with Crippen LogP contribution in [0.1, 0.15) is 11.1 Å². The highest BCUT2D eigenvalue weighted by atomic mass is 19.4. The summed E-state index contributed by atoms with van der Waals surface area (Å²) in [6.07, 6.45) is -4.79. The molecule has 0 amide bonds. The number of rotatable bonds is 4. The number of hydrogen-bond acceptors (Lipinski definition) is 4. The van der Waals surface area contributed by atoms with E-state index in [1.165, 1.54) is 30.3 Å². The molecule has 0 aromatic heterocycles. The van der Waals surface area contributed by atoms with E-state index in [0.717, 1.165) is 42.9 Å². The molecule has 2 aromatic carbocycles. The summed E-state index contributed by atoms with van der Waals surface area (Å²) in [5.41, 5.74) is 2.96. The molecular formula is C22H22F4N2O2. The molecular weight excluding hydrogens is 400 g/mol. The Morgan fingerprint density at radius 2 is 1.70 bits per heavy atom. The standard InChI is InChI=1S/C22H22F4N2O2/c1-27-8-10-28(11-9-27)13-16-14-29-20-7-6-18(30-22(24,25)26)12-19(20)21(16)15-2-4-17(23)5-3-15/h2-7,12H,8-11,13-14H2,1H3. The molecule has 8 heteroatoms. The van der Waals surface area contributed by atoms with Crippen LogP contribution in [-0.2, 0) is 0 Å². The van der Waals surface area contributed by atoms with Crippen molar-refractivity contribution >= 4 is 5.57 Å². The average molecular weight is 422 g/mol. The average Bonchev–Trinajstić information content (AvgIpc) is 2.69. The molecule has 1 saturated heterocycles. The summed E-state index contributed by atoms with van der Waals surface area (Å²) in [5, 5.41) is 0. The summed E-state index contributed by atoms with van der Waals surface area (Å²) in [4.78, 5) is 4.54. The third-order valence-corrected chi connectivity index (χ3v) is 5.35. The topological polar surface area (TPSA) is 24.9 Å². The van der Waals surface area contributed by atoms with Crippen molar-refractivity contribution in [3.8, 4) is 11.5 Å². The second kappa shape index (κ2) is 8.28. The summed E-state index contributed by atoms with van der Waals surface area (Å²) in [7, 11) is 2.07. The Morgan fingerprint density at radius 1 is 1.00 bits per heavy atom. The lowest BCUT2D eigenvalue weighted by Gasteiger charge is -2.34. The van der Waals surface area contributed by atoms with Crippen LogP contribution in [0, 0.1) is 5.82 Å². The number of alkyl halides is 3. The minimum absolute atomic E-state index is 0.315. The number of fused-ring (bicyclic) bond motifs is 1. The van der Waals surface area contributed by atoms with Gasteiger partial charge >= 0.3 is 6.36 Å². The van der Waals surface area contributed by atoms with E-state index < -0.39 is 6.36 Å². The summed E-state index contributed by atoms with van der Waals surface area (Å²) in [5.74, 6) is -0.210. The normalized spacial score (nSPS) is 18.2. The zero-order chi connectivity index (χ0) is 21.3. The number of ether oxygens (including phenoxy) is 2. The smallest absolute Gasteiger partial charge is 0.489 e. The Hall–Kier alpha value is -2.58. The van der Waals surface area contributed by atoms with Crippen LogP contribution >= 0.6 is 0 Å². The van der Waals surface area contributed by atoms with Gasteiger partial charge in [-0.1, -0.05) is 12.1 Å². The minimum atomic E-state index is -4.79. The van der Waals surface area contributed by atoms with Gasteiger partial charge in [0.05, 0.1) is 0 Å². The third-order valence-electron chi connectivity index (χ3n) is 5.35. The van der Waals surface area contributed by atoms with E-state index >= 15 is 0 Å². The lowest BCUT2D eigenvalue weighted by molar-refractivity contribution is -0.274. The van der Waals surface area contributed by atoms with E-state index in [1.807, 2.05) is 0 Å². The zero-order valence-electron chi connectivity index (χ0n) is 16.5. The summed E-state index contributed by atoms with van der Waals surface area (Å²) >= 11 is 0. The van der Waals surface area contributed by atoms with Crippen molar-refractivity contribution in [1.82, 2.24) is 9.80 Å². The predicted molar refractivity (Wildman–Crippen MR) is 105 cm³/mol. The van der Waals surface area contributed by atoms with Crippen LogP contribution in [0.3, 0.4) is 0 Å². The van der Waals surface area contributed by atoms with Crippen molar-refractivity contribution in [3.05, 3.63) is 65.0 Å². The number of nitrogens with zero attached hydrogens (tertiary/aromatic N) is 2. The third kappa shape index (κ3) is 4.76. The van der Waals surface area contributed by atoms with Crippen LogP contribution in [0.2, 0.25) is 0 Å². The maximum Gasteiger partial charge on any atom is 0.573 e. The number of piperazine rings is 1. The predicted octanol–water partition coefficient (Wildman–Crippen LogP) is 4.17. The Morgan fingerprint density at radius 3 is 2.37 bits per heavy atom. The van der Waals surface area contributed by atoms with E-state index in [0.29, 0.717) is 24.5 Å². The van der Waals surface area contributed by atoms with Gasteiger partial charge in [-0.15, -0.1) is 13.2 Å². The molecule has 2 aliphatic rings. The van der Waals surface area contributed by atoms with Crippen molar-refractivity contribution in [1.29, 1.82) is 0 Å². The van der Waals surface area contributed by atoms with Crippen LogP contribution in [0.25, 0.3) is 5.57 Å². The van der Waals surface area contributed by atoms with Crippen LogP contribution in [-0.4, -0.2) is 62.5 Å². The monoisotopic (exact) mass is 422 g/mol. The highest BCUT2D eigenvalue weighted by molar-refractivity contribution is 5.87. The first-order chi connectivity index (χ1) is 14.3. The fourth-order valence-corrected chi connectivity index (χ4v) is 3.83. The Labute approximate surface area is 172 Å². The van der Waals surface area contributed by atoms with E-state index in [-0.39, 0.29) is 11.6 Å². The quantitative estimate of drug-likeness (QED) is 0.691. The number of likely N-dealkylation sites (N-methyl/N-ethyl adjacent to an activating group) is 1. The number of hydrogen-bond donors (Lipinski definition) is 0. The molecule has 1 fully saturated rings. The van der Waals surface area contributed by atoms with E-state index in [1.54, 1.807) is 12.1 Å². The molecule has 0 spiro atoms. The van der Waals surface area contributed by atoms with Gasteiger partial charge in [0, 0.05) is 38.3 Å². The van der Waals surface area contributed by atoms with E-state index in [9.17, 15) is 17.6 Å². The molecule has 0 N–H and O–H groups in total. The summed E-state index contributed by atoms with van der Waals surface area (Å²) < 4.78 is 61.7. The fraction of sp³-hybridized carbons (Fsp3) is 0.364. The lowest BCUT2D eigenvalue weighted by Crippen LogP contribution is -2.45. The van der Waals surface area contributed by atoms with Gasteiger partial charge in [0.1, 0.15) is 23.9 Å². The molecule has 2 aromatic rings. The van der Waals surface area contributed by atoms with Crippen LogP contribution in [0.4, 0.5) is 17.6 Å². The second-order valence-corrected chi connectivity index (χ2v) is 7.56. The maximum absolute atomic E-state index is 13.5. The van der Waals surface area contributed by atoms with E-state index in [4.69, 9.17) is 4.74 Å². The SMILES string of the molecule is CN1CCN(CC2=C(c3ccc(F)cc3)c3cc(OC(F)(F)F)ccc3OC2)CC1. The molecule has 0 radical (unpaired) electrons. The molecule has 0 aliphatic carbocycles. The molecule has 4 rings (SSSR count). The zero-order valence-corrected chi connectivity index (χ0v) is 16.5. The lowest BCUT2D eigenvalue weighted by atomic mass is 9.90.